The predicted molar refractivity (Wildman–Crippen MR) is 75.0 cm³/mol. The number of H-pyrrole nitrogens is 1. The van der Waals surface area contributed by atoms with E-state index in [1.807, 2.05) is 6.07 Å². The number of rotatable bonds is 2. The van der Waals surface area contributed by atoms with Crippen LogP contribution in [0.25, 0.3) is 10.9 Å². The van der Waals surface area contributed by atoms with Crippen LogP contribution in [0.2, 0.25) is 0 Å². The number of carboxylic acids is 1. The van der Waals surface area contributed by atoms with Gasteiger partial charge in [0.2, 0.25) is 5.95 Å². The smallest absolute Gasteiger partial charge is 0.326 e. The highest BCUT2D eigenvalue weighted by Gasteiger charge is 2.30. The zero-order valence-corrected chi connectivity index (χ0v) is 10.9. The van der Waals surface area contributed by atoms with Gasteiger partial charge in [0.25, 0.3) is 5.56 Å². The predicted octanol–water partition coefficient (Wildman–Crippen LogP) is 1.37. The Hall–Kier alpha value is -2.37. The van der Waals surface area contributed by atoms with Gasteiger partial charge in [0.05, 0.1) is 10.9 Å². The van der Waals surface area contributed by atoms with Gasteiger partial charge in [-0.2, -0.15) is 0 Å². The summed E-state index contributed by atoms with van der Waals surface area (Å²) in [5.41, 5.74) is 0.348. The van der Waals surface area contributed by atoms with Gasteiger partial charge in [-0.1, -0.05) is 12.1 Å². The number of carboxylic acid groups (broad SMARTS) is 1. The summed E-state index contributed by atoms with van der Waals surface area (Å²) in [4.78, 5) is 32.2. The van der Waals surface area contributed by atoms with Crippen molar-refractivity contribution in [2.24, 2.45) is 0 Å². The molecular formula is C14H15N3O3. The molecule has 0 bridgehead atoms. The van der Waals surface area contributed by atoms with Crippen LogP contribution in [0.1, 0.15) is 19.3 Å². The monoisotopic (exact) mass is 273 g/mol. The number of hydrogen-bond acceptors (Lipinski definition) is 4. The maximum atomic E-state index is 12.0. The summed E-state index contributed by atoms with van der Waals surface area (Å²) in [5.74, 6) is -0.527. The highest BCUT2D eigenvalue weighted by molar-refractivity contribution is 5.80. The molecule has 2 N–H and O–H groups in total. The molecule has 6 heteroatoms. The largest absolute Gasteiger partial charge is 0.480 e. The normalized spacial score (nSPS) is 19.2. The Bertz CT molecular complexity index is 710. The van der Waals surface area contributed by atoms with E-state index in [2.05, 4.69) is 9.97 Å². The van der Waals surface area contributed by atoms with Crippen molar-refractivity contribution >= 4 is 22.8 Å². The van der Waals surface area contributed by atoms with Crippen molar-refractivity contribution in [2.75, 3.05) is 11.4 Å². The highest BCUT2D eigenvalue weighted by atomic mass is 16.4. The quantitative estimate of drug-likeness (QED) is 0.863. The Kier molecular flexibility index (Phi) is 3.14. The van der Waals surface area contributed by atoms with Gasteiger partial charge in [0, 0.05) is 6.54 Å². The van der Waals surface area contributed by atoms with E-state index in [9.17, 15) is 14.7 Å². The molecule has 1 aliphatic heterocycles. The molecule has 6 nitrogen and oxygen atoms in total. The summed E-state index contributed by atoms with van der Waals surface area (Å²) in [6.45, 7) is 0.595. The van der Waals surface area contributed by atoms with Crippen molar-refractivity contribution in [3.05, 3.63) is 34.6 Å². The summed E-state index contributed by atoms with van der Waals surface area (Å²) >= 11 is 0. The lowest BCUT2D eigenvalue weighted by Gasteiger charge is -2.33. The molecule has 1 aliphatic rings. The van der Waals surface area contributed by atoms with E-state index in [0.717, 1.165) is 12.8 Å². The summed E-state index contributed by atoms with van der Waals surface area (Å²) in [7, 11) is 0. The van der Waals surface area contributed by atoms with E-state index in [1.54, 1.807) is 23.1 Å². The molecule has 1 saturated heterocycles. The van der Waals surface area contributed by atoms with Crippen molar-refractivity contribution in [3.8, 4) is 0 Å². The molecule has 2 heterocycles. The van der Waals surface area contributed by atoms with Crippen LogP contribution in [0.5, 0.6) is 0 Å². The van der Waals surface area contributed by atoms with Crippen molar-refractivity contribution < 1.29 is 9.90 Å². The van der Waals surface area contributed by atoms with Gasteiger partial charge in [0.15, 0.2) is 0 Å². The fourth-order valence-electron chi connectivity index (χ4n) is 2.65. The summed E-state index contributed by atoms with van der Waals surface area (Å²) in [5, 5.41) is 9.81. The Morgan fingerprint density at radius 3 is 2.95 bits per heavy atom. The number of fused-ring (bicyclic) bond motifs is 1. The van der Waals surface area contributed by atoms with Gasteiger partial charge in [-0.05, 0) is 31.4 Å². The van der Waals surface area contributed by atoms with Gasteiger partial charge in [-0.25, -0.2) is 9.78 Å². The first kappa shape index (κ1) is 12.7. The highest BCUT2D eigenvalue weighted by Crippen LogP contribution is 2.22. The first-order valence-corrected chi connectivity index (χ1v) is 6.65. The molecule has 0 spiro atoms. The fraction of sp³-hybridized carbons (Fsp3) is 0.357. The number of aromatic nitrogens is 2. The number of aromatic amines is 1. The summed E-state index contributed by atoms with van der Waals surface area (Å²) in [6.07, 6.45) is 2.36. The minimum absolute atomic E-state index is 0.236. The zero-order valence-electron chi connectivity index (χ0n) is 10.9. The number of carbonyl (C=O) groups is 1. The van der Waals surface area contributed by atoms with Gasteiger partial charge in [0.1, 0.15) is 6.04 Å². The Morgan fingerprint density at radius 2 is 2.15 bits per heavy atom. The lowest BCUT2D eigenvalue weighted by Crippen LogP contribution is -2.46. The second kappa shape index (κ2) is 4.96. The number of benzene rings is 1. The summed E-state index contributed by atoms with van der Waals surface area (Å²) < 4.78 is 0. The van der Waals surface area contributed by atoms with Crippen LogP contribution in [-0.4, -0.2) is 33.6 Å². The Morgan fingerprint density at radius 1 is 1.35 bits per heavy atom. The maximum Gasteiger partial charge on any atom is 0.326 e. The third kappa shape index (κ3) is 2.13. The van der Waals surface area contributed by atoms with Gasteiger partial charge < -0.3 is 10.0 Å². The topological polar surface area (TPSA) is 86.3 Å². The summed E-state index contributed by atoms with van der Waals surface area (Å²) in [6, 6.07) is 6.43. The molecule has 1 atom stereocenters. The number of nitrogens with zero attached hydrogens (tertiary/aromatic N) is 2. The van der Waals surface area contributed by atoms with Crippen LogP contribution >= 0.6 is 0 Å². The zero-order chi connectivity index (χ0) is 14.1. The van der Waals surface area contributed by atoms with Crippen molar-refractivity contribution in [2.45, 2.75) is 25.3 Å². The third-order valence-corrected chi connectivity index (χ3v) is 3.66. The molecule has 104 valence electrons. The molecule has 3 rings (SSSR count). The molecule has 0 aliphatic carbocycles. The first-order chi connectivity index (χ1) is 9.66. The Balaban J connectivity index is 2.09. The van der Waals surface area contributed by atoms with Crippen LogP contribution < -0.4 is 10.5 Å². The van der Waals surface area contributed by atoms with Crippen molar-refractivity contribution in [1.29, 1.82) is 0 Å². The number of hydrogen-bond donors (Lipinski definition) is 2. The molecular weight excluding hydrogens is 258 g/mol. The molecule has 0 radical (unpaired) electrons. The molecule has 0 amide bonds. The van der Waals surface area contributed by atoms with E-state index in [-0.39, 0.29) is 5.56 Å². The third-order valence-electron chi connectivity index (χ3n) is 3.66. The van der Waals surface area contributed by atoms with Crippen LogP contribution in [0.4, 0.5) is 5.95 Å². The maximum absolute atomic E-state index is 12.0. The number of nitrogens with one attached hydrogen (secondary N) is 1. The van der Waals surface area contributed by atoms with Crippen LogP contribution in [0.15, 0.2) is 29.1 Å². The Labute approximate surface area is 115 Å². The second-order valence-electron chi connectivity index (χ2n) is 4.95. The van der Waals surface area contributed by atoms with Gasteiger partial charge in [-0.3, -0.25) is 9.78 Å². The standard InChI is InChI=1S/C14H15N3O3/c18-12-9-5-1-2-6-10(9)15-14(16-12)17-8-4-3-7-11(17)13(19)20/h1-2,5-6,11H,3-4,7-8H2,(H,19,20)(H,15,16,18). The van der Waals surface area contributed by atoms with Crippen LogP contribution in [-0.2, 0) is 4.79 Å². The number of aliphatic carboxylic acids is 1. The number of anilines is 1. The number of para-hydroxylation sites is 1. The van der Waals surface area contributed by atoms with E-state index < -0.39 is 12.0 Å². The SMILES string of the molecule is O=C(O)C1CCCCN1c1nc2ccccc2c(=O)[nH]1. The van der Waals surface area contributed by atoms with Gasteiger partial charge in [-0.15, -0.1) is 0 Å². The molecule has 1 fully saturated rings. The molecule has 1 aromatic heterocycles. The molecule has 0 saturated carbocycles. The minimum atomic E-state index is -0.875. The van der Waals surface area contributed by atoms with Gasteiger partial charge >= 0.3 is 5.97 Å². The molecule has 20 heavy (non-hydrogen) atoms. The van der Waals surface area contributed by atoms with E-state index in [4.69, 9.17) is 0 Å². The average molecular weight is 273 g/mol. The van der Waals surface area contributed by atoms with E-state index in [1.165, 1.54) is 0 Å². The molecule has 1 aromatic carbocycles. The van der Waals surface area contributed by atoms with E-state index in [0.29, 0.717) is 29.8 Å². The lowest BCUT2D eigenvalue weighted by atomic mass is 10.0. The second-order valence-corrected chi connectivity index (χ2v) is 4.95. The van der Waals surface area contributed by atoms with Crippen molar-refractivity contribution in [3.63, 3.8) is 0 Å². The minimum Gasteiger partial charge on any atom is -0.480 e. The molecule has 2 aromatic rings. The number of piperidine rings is 1. The van der Waals surface area contributed by atoms with Crippen LogP contribution in [0, 0.1) is 0 Å². The lowest BCUT2D eigenvalue weighted by molar-refractivity contribution is -0.139. The van der Waals surface area contributed by atoms with E-state index >= 15 is 0 Å². The fourth-order valence-corrected chi connectivity index (χ4v) is 2.65. The average Bonchev–Trinajstić information content (AvgIpc) is 2.47. The first-order valence-electron chi connectivity index (χ1n) is 6.65. The van der Waals surface area contributed by atoms with Crippen molar-refractivity contribution in [1.82, 2.24) is 9.97 Å². The van der Waals surface area contributed by atoms with Crippen LogP contribution in [0.3, 0.4) is 0 Å². The molecule has 1 unspecified atom stereocenters.